The van der Waals surface area contributed by atoms with E-state index in [0.717, 1.165) is 0 Å². The molecule has 0 amide bonds. The third-order valence-corrected chi connectivity index (χ3v) is 0. The zero-order valence-electron chi connectivity index (χ0n) is 3.65. The first-order chi connectivity index (χ1) is 2.45. The van der Waals surface area contributed by atoms with E-state index >= 15 is 0 Å². The van der Waals surface area contributed by atoms with Crippen LogP contribution in [0, 0.1) is 0 Å². The number of hydrogen-bond acceptors (Lipinski definition) is 0. The topological polar surface area (TPSA) is 0 Å². The van der Waals surface area contributed by atoms with E-state index in [1.165, 1.54) is 0 Å². The second kappa shape index (κ2) is 3.07. The Morgan fingerprint density at radius 3 is 0.625 bits per heavy atom. The Kier molecular flexibility index (Phi) is 5.58. The van der Waals surface area contributed by atoms with Crippen LogP contribution in [0.2, 0.25) is 0 Å². The molecule has 0 rings (SSSR count). The maximum absolute atomic E-state index is 5.43. The van der Waals surface area contributed by atoms with Gasteiger partial charge in [-0.15, -0.1) is 0 Å². The summed E-state index contributed by atoms with van der Waals surface area (Å²) >= 11 is 0. The summed E-state index contributed by atoms with van der Waals surface area (Å²) in [6.07, 6.45) is 0. The molecule has 0 heterocycles. The van der Waals surface area contributed by atoms with Crippen LogP contribution < -0.4 is 0 Å². The molecule has 1 radical (unpaired) electrons. The third kappa shape index (κ3) is 50.3. The van der Waals surface area contributed by atoms with Gasteiger partial charge in [-0.25, -0.2) is 0 Å². The van der Waals surface area contributed by atoms with E-state index in [0.29, 0.717) is 0 Å². The van der Waals surface area contributed by atoms with Crippen LogP contribution in [0.5, 0.6) is 0 Å². The van der Waals surface area contributed by atoms with Crippen molar-refractivity contribution < 1.29 is 6.97 Å². The van der Waals surface area contributed by atoms with Gasteiger partial charge in [-0.05, 0) is 0 Å². The van der Waals surface area contributed by atoms with Gasteiger partial charge in [-0.2, -0.15) is 0 Å². The molecule has 0 N–H and O–H groups in total. The van der Waals surface area contributed by atoms with Crippen molar-refractivity contribution in [1.29, 1.82) is 0 Å². The van der Waals surface area contributed by atoms with E-state index < -0.39 is 6.97 Å². The fourth-order valence-corrected chi connectivity index (χ4v) is 0. The molecule has 0 atom stereocenters. The summed E-state index contributed by atoms with van der Waals surface area (Å²) in [5.74, 6) is 0. The van der Waals surface area contributed by atoms with Gasteiger partial charge in [0, 0.05) is 51.4 Å². The van der Waals surface area contributed by atoms with E-state index in [4.69, 9.17) is 57.2 Å². The van der Waals surface area contributed by atoms with Crippen molar-refractivity contribution >= 4 is 109 Å². The Bertz CT molecular complexity index is 67.1. The molecule has 8 heavy (non-hydrogen) atoms. The van der Waals surface area contributed by atoms with Gasteiger partial charge in [-0.3, -0.25) is 0 Å². The summed E-state index contributed by atoms with van der Waals surface area (Å²) in [7, 11) is 30.4. The van der Waals surface area contributed by atoms with Gasteiger partial charge in [0.25, 0.3) is 0 Å². The molecule has 0 nitrogen and oxygen atoms in total. The van der Waals surface area contributed by atoms with Gasteiger partial charge in [0.05, 0.1) is 0 Å². The summed E-state index contributed by atoms with van der Waals surface area (Å²) in [5.41, 5.74) is 0. The molecule has 0 aromatic heterocycles. The third-order valence-electron chi connectivity index (χ3n) is 0. The molecular formula is Cl6KRe. The predicted octanol–water partition coefficient (Wildman–Crippen LogP) is 3.75. The molecule has 50 valence electrons. The van der Waals surface area contributed by atoms with Gasteiger partial charge < -0.3 is 0 Å². The van der Waals surface area contributed by atoms with E-state index in [1.54, 1.807) is 0 Å². The molecule has 0 aliphatic carbocycles. The molecule has 0 aliphatic heterocycles. The van der Waals surface area contributed by atoms with Gasteiger partial charge in [0.15, 0.2) is 0 Å². The maximum Gasteiger partial charge on any atom is 0 e. The minimum atomic E-state index is -5.43. The quantitative estimate of drug-likeness (QED) is 0.506. The summed E-state index contributed by atoms with van der Waals surface area (Å²) in [6.45, 7) is -5.43. The Labute approximate surface area is 112 Å². The average molecular weight is 438 g/mol. The van der Waals surface area contributed by atoms with Crippen molar-refractivity contribution in [3.63, 3.8) is 0 Å². The second-order valence-electron chi connectivity index (χ2n) is 0.810. The SMILES string of the molecule is [Cl][Re]([Cl])([Cl])([Cl])([Cl])[Cl].[K]. The second-order valence-corrected chi connectivity index (χ2v) is 59.7. The van der Waals surface area contributed by atoms with Crippen LogP contribution in [-0.2, 0) is 6.97 Å². The first-order valence-electron chi connectivity index (χ1n) is 0.857. The summed E-state index contributed by atoms with van der Waals surface area (Å²) < 4.78 is 0. The summed E-state index contributed by atoms with van der Waals surface area (Å²) in [4.78, 5) is 0. The molecular weight excluding hydrogens is 438 g/mol. The first-order valence-corrected chi connectivity index (χ1v) is 21.0. The normalized spacial score (nSPS) is 20.2. The molecule has 8 heteroatoms. The molecule has 0 saturated carbocycles. The van der Waals surface area contributed by atoms with E-state index in [9.17, 15) is 0 Å². The minimum absolute atomic E-state index is 0. The molecule has 0 aliphatic rings. The summed E-state index contributed by atoms with van der Waals surface area (Å²) in [5, 5.41) is 0. The van der Waals surface area contributed by atoms with Crippen molar-refractivity contribution in [2.24, 2.45) is 0 Å². The van der Waals surface area contributed by atoms with Crippen molar-refractivity contribution in [2.45, 2.75) is 0 Å². The van der Waals surface area contributed by atoms with Gasteiger partial charge in [0.2, 0.25) is 0 Å². The number of rotatable bonds is 0. The van der Waals surface area contributed by atoms with Crippen molar-refractivity contribution in [3.05, 3.63) is 0 Å². The van der Waals surface area contributed by atoms with Crippen LogP contribution in [-0.4, -0.2) is 51.4 Å². The largest absolute Gasteiger partial charge is 0 e. The van der Waals surface area contributed by atoms with Crippen molar-refractivity contribution in [3.8, 4) is 0 Å². The average Bonchev–Trinajstić information content (AvgIpc) is 0.592. The smallest absolute Gasteiger partial charge is 0 e. The van der Waals surface area contributed by atoms with Gasteiger partial charge in [-0.1, -0.05) is 0 Å². The number of halogens is 6. The van der Waals surface area contributed by atoms with Crippen LogP contribution >= 0.6 is 57.2 Å². The molecule has 0 unspecified atom stereocenters. The molecule has 0 spiro atoms. The van der Waals surface area contributed by atoms with Crippen molar-refractivity contribution in [1.82, 2.24) is 0 Å². The van der Waals surface area contributed by atoms with Gasteiger partial charge in [0.1, 0.15) is 0 Å². The van der Waals surface area contributed by atoms with Crippen LogP contribution in [0.25, 0.3) is 0 Å². The molecule has 0 bridgehead atoms. The molecule has 0 aromatic rings. The molecule has 0 aromatic carbocycles. The fourth-order valence-electron chi connectivity index (χ4n) is 0. The zero-order valence-corrected chi connectivity index (χ0v) is 14.0. The monoisotopic (exact) mass is 436 g/mol. The molecule has 0 fully saturated rings. The maximum atomic E-state index is 5.06. The first kappa shape index (κ1) is 14.6. The van der Waals surface area contributed by atoms with E-state index in [1.807, 2.05) is 0 Å². The van der Waals surface area contributed by atoms with Crippen molar-refractivity contribution in [2.75, 3.05) is 0 Å². The predicted molar refractivity (Wildman–Crippen MR) is 40.9 cm³/mol. The Morgan fingerprint density at radius 1 is 0.625 bits per heavy atom. The van der Waals surface area contributed by atoms with Crippen LogP contribution in [0.4, 0.5) is 0 Å². The Morgan fingerprint density at radius 2 is 0.625 bits per heavy atom. The van der Waals surface area contributed by atoms with E-state index in [2.05, 4.69) is 0 Å². The van der Waals surface area contributed by atoms with Gasteiger partial charge >= 0.3 is 64.1 Å². The van der Waals surface area contributed by atoms with E-state index in [-0.39, 0.29) is 51.4 Å². The Hall–Kier alpha value is 4.04. The Balaban J connectivity index is 0. The fraction of sp³-hybridized carbons (Fsp3) is 0. The summed E-state index contributed by atoms with van der Waals surface area (Å²) in [6, 6.07) is 0. The van der Waals surface area contributed by atoms with Crippen LogP contribution in [0.15, 0.2) is 0 Å². The zero-order chi connectivity index (χ0) is 6.41. The van der Waals surface area contributed by atoms with Crippen LogP contribution in [0.1, 0.15) is 0 Å². The van der Waals surface area contributed by atoms with Crippen LogP contribution in [0.3, 0.4) is 0 Å². The number of hydrogen-bond donors (Lipinski definition) is 0. The standard InChI is InChI=1S/6ClH.K.Re/h6*1H;;/q;;;;;;;+6/p-6. The minimum Gasteiger partial charge on any atom is 0 e. The molecule has 0 saturated heterocycles.